The fourth-order valence-corrected chi connectivity index (χ4v) is 2.88. The normalized spacial score (nSPS) is 10.8. The van der Waals surface area contributed by atoms with E-state index in [0.29, 0.717) is 40.3 Å². The number of hydrogen-bond acceptors (Lipinski definition) is 5. The molecule has 0 saturated heterocycles. The Bertz CT molecular complexity index is 1130. The van der Waals surface area contributed by atoms with Gasteiger partial charge in [-0.25, -0.2) is 9.18 Å². The summed E-state index contributed by atoms with van der Waals surface area (Å²) in [5.74, 6) is 0.209. The third-order valence-corrected chi connectivity index (χ3v) is 4.37. The average Bonchev–Trinajstić information content (AvgIpc) is 3.12. The summed E-state index contributed by atoms with van der Waals surface area (Å²) >= 11 is 0. The fourth-order valence-electron chi connectivity index (χ4n) is 2.88. The Morgan fingerprint density at radius 3 is 2.54 bits per heavy atom. The average molecular weight is 377 g/mol. The Labute approximate surface area is 160 Å². The van der Waals surface area contributed by atoms with E-state index in [2.05, 4.69) is 5.16 Å². The van der Waals surface area contributed by atoms with Crippen molar-refractivity contribution in [1.82, 2.24) is 5.16 Å². The molecule has 0 fully saturated rings. The van der Waals surface area contributed by atoms with Crippen LogP contribution in [0.5, 0.6) is 11.5 Å². The Morgan fingerprint density at radius 2 is 1.79 bits per heavy atom. The highest BCUT2D eigenvalue weighted by Gasteiger charge is 2.14. The van der Waals surface area contributed by atoms with Crippen LogP contribution in [-0.4, -0.2) is 18.2 Å². The predicted molar refractivity (Wildman–Crippen MR) is 101 cm³/mol. The number of benzene rings is 3. The van der Waals surface area contributed by atoms with Gasteiger partial charge >= 0.3 is 5.97 Å². The number of carbonyl (C=O) groups excluding carboxylic acids is 1. The first-order chi connectivity index (χ1) is 13.6. The molecule has 0 N–H and O–H groups in total. The Balaban J connectivity index is 1.53. The van der Waals surface area contributed by atoms with Gasteiger partial charge in [-0.15, -0.1) is 0 Å². The van der Waals surface area contributed by atoms with Crippen LogP contribution < -0.4 is 9.47 Å². The number of ether oxygens (including phenoxy) is 2. The lowest BCUT2D eigenvalue weighted by Crippen LogP contribution is -2.08. The summed E-state index contributed by atoms with van der Waals surface area (Å²) in [6.07, 6.45) is 0.310. The molecule has 3 aromatic carbocycles. The Morgan fingerprint density at radius 1 is 1.04 bits per heavy atom. The number of methoxy groups -OCH3 is 1. The molecule has 1 aromatic heterocycles. The third kappa shape index (κ3) is 3.57. The van der Waals surface area contributed by atoms with Gasteiger partial charge in [0.05, 0.1) is 18.4 Å². The number of aromatic nitrogens is 1. The smallest absolute Gasteiger partial charge is 0.343 e. The summed E-state index contributed by atoms with van der Waals surface area (Å²) in [6.45, 7) is 0. The maximum Gasteiger partial charge on any atom is 0.343 e. The first-order valence-corrected chi connectivity index (χ1v) is 8.62. The highest BCUT2D eigenvalue weighted by Crippen LogP contribution is 2.26. The summed E-state index contributed by atoms with van der Waals surface area (Å²) in [7, 11) is 1.56. The Kier molecular flexibility index (Phi) is 4.76. The van der Waals surface area contributed by atoms with Crippen LogP contribution in [0.2, 0.25) is 0 Å². The van der Waals surface area contributed by atoms with Crippen LogP contribution in [0.3, 0.4) is 0 Å². The maximum atomic E-state index is 13.9. The van der Waals surface area contributed by atoms with E-state index >= 15 is 0 Å². The van der Waals surface area contributed by atoms with Gasteiger partial charge in [0, 0.05) is 17.9 Å². The quantitative estimate of drug-likeness (QED) is 0.370. The lowest BCUT2D eigenvalue weighted by Gasteiger charge is -2.05. The van der Waals surface area contributed by atoms with Gasteiger partial charge in [-0.3, -0.25) is 0 Å². The van der Waals surface area contributed by atoms with E-state index in [1.807, 2.05) is 0 Å². The third-order valence-electron chi connectivity index (χ3n) is 4.37. The summed E-state index contributed by atoms with van der Waals surface area (Å²) in [5, 5.41) is 4.78. The van der Waals surface area contributed by atoms with Gasteiger partial charge in [0.25, 0.3) is 0 Å². The van der Waals surface area contributed by atoms with Crippen LogP contribution in [-0.2, 0) is 6.42 Å². The molecule has 0 radical (unpaired) electrons. The summed E-state index contributed by atoms with van der Waals surface area (Å²) < 4.78 is 29.7. The molecule has 0 aliphatic heterocycles. The van der Waals surface area contributed by atoms with E-state index in [9.17, 15) is 9.18 Å². The topological polar surface area (TPSA) is 61.6 Å². The van der Waals surface area contributed by atoms with Crippen molar-refractivity contribution in [2.75, 3.05) is 7.11 Å². The second-order valence-corrected chi connectivity index (χ2v) is 6.17. The van der Waals surface area contributed by atoms with E-state index < -0.39 is 5.97 Å². The largest absolute Gasteiger partial charge is 0.497 e. The molecule has 0 aliphatic rings. The molecule has 28 heavy (non-hydrogen) atoms. The minimum absolute atomic E-state index is 0.288. The first-order valence-electron chi connectivity index (χ1n) is 8.62. The standard InChI is InChI=1S/C22H16FNO4/c1-26-16-8-6-14(7-9-16)22(25)27-17-10-11-18-20(24-28-21(18)13-17)12-15-4-2-3-5-19(15)23/h2-11,13H,12H2,1H3. The lowest BCUT2D eigenvalue weighted by atomic mass is 10.1. The molecule has 0 atom stereocenters. The molecule has 1 heterocycles. The van der Waals surface area contributed by atoms with Crippen LogP contribution >= 0.6 is 0 Å². The molecule has 0 amide bonds. The van der Waals surface area contributed by atoms with Crippen molar-refractivity contribution in [3.8, 4) is 11.5 Å². The van der Waals surface area contributed by atoms with Crippen LogP contribution in [0, 0.1) is 5.82 Å². The zero-order valence-electron chi connectivity index (χ0n) is 15.0. The van der Waals surface area contributed by atoms with Crippen molar-refractivity contribution in [1.29, 1.82) is 0 Å². The van der Waals surface area contributed by atoms with Crippen LogP contribution in [0.25, 0.3) is 11.0 Å². The molecule has 0 saturated carbocycles. The second-order valence-electron chi connectivity index (χ2n) is 6.17. The molecule has 4 rings (SSSR count). The van der Waals surface area contributed by atoms with Crippen molar-refractivity contribution in [2.45, 2.75) is 6.42 Å². The van der Waals surface area contributed by atoms with E-state index in [0.717, 1.165) is 5.39 Å². The van der Waals surface area contributed by atoms with E-state index in [-0.39, 0.29) is 5.82 Å². The van der Waals surface area contributed by atoms with Gasteiger partial charge in [0.1, 0.15) is 17.3 Å². The monoisotopic (exact) mass is 377 g/mol. The lowest BCUT2D eigenvalue weighted by molar-refractivity contribution is 0.0735. The molecule has 140 valence electrons. The number of esters is 1. The molecule has 0 spiro atoms. The zero-order chi connectivity index (χ0) is 19.5. The SMILES string of the molecule is COc1ccc(C(=O)Oc2ccc3c(Cc4ccccc4F)noc3c2)cc1. The van der Waals surface area contributed by atoms with Crippen LogP contribution in [0.4, 0.5) is 4.39 Å². The van der Waals surface area contributed by atoms with Crippen LogP contribution in [0.15, 0.2) is 71.3 Å². The maximum absolute atomic E-state index is 13.9. The molecular formula is C22H16FNO4. The minimum atomic E-state index is -0.493. The van der Waals surface area contributed by atoms with Gasteiger partial charge in [0.2, 0.25) is 0 Å². The number of rotatable bonds is 5. The van der Waals surface area contributed by atoms with Crippen molar-refractivity contribution in [3.05, 3.63) is 89.4 Å². The Hall–Kier alpha value is -3.67. The molecule has 4 aromatic rings. The van der Waals surface area contributed by atoms with Crippen molar-refractivity contribution in [3.63, 3.8) is 0 Å². The zero-order valence-corrected chi connectivity index (χ0v) is 15.0. The summed E-state index contributed by atoms with van der Waals surface area (Å²) in [4.78, 5) is 12.3. The predicted octanol–water partition coefficient (Wildman–Crippen LogP) is 4.79. The molecule has 0 aliphatic carbocycles. The number of halogens is 1. The summed E-state index contributed by atoms with van der Waals surface area (Å²) in [5.41, 5.74) is 2.02. The van der Waals surface area contributed by atoms with Crippen molar-refractivity contribution < 1.29 is 23.2 Å². The minimum Gasteiger partial charge on any atom is -0.497 e. The summed E-state index contributed by atoms with van der Waals surface area (Å²) in [6, 6.07) is 18.2. The number of fused-ring (bicyclic) bond motifs is 1. The van der Waals surface area contributed by atoms with E-state index in [1.165, 1.54) is 6.07 Å². The van der Waals surface area contributed by atoms with E-state index in [1.54, 1.807) is 67.8 Å². The molecule has 0 unspecified atom stereocenters. The van der Waals surface area contributed by atoms with Gasteiger partial charge in [-0.1, -0.05) is 23.4 Å². The van der Waals surface area contributed by atoms with Gasteiger partial charge in [-0.05, 0) is 48.0 Å². The number of carbonyl (C=O) groups is 1. The second kappa shape index (κ2) is 7.52. The van der Waals surface area contributed by atoms with Gasteiger partial charge in [0.15, 0.2) is 5.58 Å². The van der Waals surface area contributed by atoms with Crippen molar-refractivity contribution in [2.24, 2.45) is 0 Å². The highest BCUT2D eigenvalue weighted by molar-refractivity contribution is 5.92. The molecule has 6 heteroatoms. The molecular weight excluding hydrogens is 361 g/mol. The van der Waals surface area contributed by atoms with Gasteiger partial charge in [-0.2, -0.15) is 0 Å². The van der Waals surface area contributed by atoms with Crippen molar-refractivity contribution >= 4 is 16.9 Å². The fraction of sp³-hybridized carbons (Fsp3) is 0.0909. The molecule has 5 nitrogen and oxygen atoms in total. The number of nitrogens with zero attached hydrogens (tertiary/aromatic N) is 1. The van der Waals surface area contributed by atoms with E-state index in [4.69, 9.17) is 14.0 Å². The first kappa shape index (κ1) is 17.7. The van der Waals surface area contributed by atoms with Crippen LogP contribution in [0.1, 0.15) is 21.6 Å². The van der Waals surface area contributed by atoms with Gasteiger partial charge < -0.3 is 14.0 Å². The number of hydrogen-bond donors (Lipinski definition) is 0. The molecule has 0 bridgehead atoms. The highest BCUT2D eigenvalue weighted by atomic mass is 19.1.